The third kappa shape index (κ3) is 3.86. The maximum absolute atomic E-state index is 13.0. The number of thiocarbonyl (C=S) groups is 1. The van der Waals surface area contributed by atoms with Crippen molar-refractivity contribution in [3.05, 3.63) is 82.8 Å². The predicted molar refractivity (Wildman–Crippen MR) is 123 cm³/mol. The number of allylic oxidation sites excluding steroid dienone is 2. The Kier molecular flexibility index (Phi) is 5.65. The Balaban J connectivity index is 1.53. The highest BCUT2D eigenvalue weighted by Crippen LogP contribution is 2.36. The van der Waals surface area contributed by atoms with E-state index in [1.807, 2.05) is 55.5 Å². The Morgan fingerprint density at radius 1 is 1.03 bits per heavy atom. The van der Waals surface area contributed by atoms with Crippen molar-refractivity contribution in [3.63, 3.8) is 0 Å². The lowest BCUT2D eigenvalue weighted by Gasteiger charge is -2.21. The van der Waals surface area contributed by atoms with Crippen molar-refractivity contribution in [2.75, 3.05) is 4.90 Å². The van der Waals surface area contributed by atoms with Crippen LogP contribution in [0, 0.1) is 6.92 Å². The van der Waals surface area contributed by atoms with E-state index in [2.05, 4.69) is 0 Å². The lowest BCUT2D eigenvalue weighted by atomic mass is 10.2. The molecule has 2 aliphatic heterocycles. The number of rotatable bonds is 4. The number of aryl methyl sites for hydroxylation is 1. The van der Waals surface area contributed by atoms with Crippen molar-refractivity contribution >= 4 is 57.8 Å². The van der Waals surface area contributed by atoms with Crippen molar-refractivity contribution in [2.45, 2.75) is 19.4 Å². The van der Waals surface area contributed by atoms with Crippen LogP contribution in [0.3, 0.4) is 0 Å². The molecule has 0 bridgehead atoms. The van der Waals surface area contributed by atoms with E-state index < -0.39 is 11.9 Å². The first-order valence-corrected chi connectivity index (χ1v) is 10.6. The zero-order chi connectivity index (χ0) is 21.3. The Bertz CT molecular complexity index is 1090. The van der Waals surface area contributed by atoms with Crippen molar-refractivity contribution < 1.29 is 14.4 Å². The predicted octanol–water partition coefficient (Wildman–Crippen LogP) is 4.08. The van der Waals surface area contributed by atoms with Gasteiger partial charge in [0.15, 0.2) is 0 Å². The van der Waals surface area contributed by atoms with E-state index in [0.717, 1.165) is 27.8 Å². The van der Waals surface area contributed by atoms with Gasteiger partial charge in [-0.3, -0.25) is 19.3 Å². The average molecular weight is 435 g/mol. The molecule has 0 spiro atoms. The van der Waals surface area contributed by atoms with Gasteiger partial charge >= 0.3 is 0 Å². The minimum Gasteiger partial charge on any atom is -0.280 e. The third-order valence-corrected chi connectivity index (χ3v) is 6.23. The number of thioether (sulfide) groups is 1. The monoisotopic (exact) mass is 434 g/mol. The number of carbonyl (C=O) groups is 3. The summed E-state index contributed by atoms with van der Waals surface area (Å²) in [5, 5.41) is 0. The van der Waals surface area contributed by atoms with E-state index >= 15 is 0 Å². The standard InChI is InChI=1S/C23H18N2O3S2/c1-15-10-12-17(13-11-15)24-20(26)14-18(21(24)27)25-22(28)19(30-23(25)29)9-5-8-16-6-3-2-4-7-16/h2-13,18H,14H2,1H3/b8-5+,19-9-. The molecule has 0 radical (unpaired) electrons. The number of carbonyl (C=O) groups excluding carboxylic acids is 3. The minimum atomic E-state index is -0.907. The Labute approximate surface area is 184 Å². The molecule has 2 aromatic rings. The summed E-state index contributed by atoms with van der Waals surface area (Å²) >= 11 is 6.50. The van der Waals surface area contributed by atoms with Crippen molar-refractivity contribution in [1.29, 1.82) is 0 Å². The van der Waals surface area contributed by atoms with Crippen molar-refractivity contribution in [2.24, 2.45) is 0 Å². The molecule has 7 heteroatoms. The number of hydrogen-bond acceptors (Lipinski definition) is 5. The molecular formula is C23H18N2O3S2. The summed E-state index contributed by atoms with van der Waals surface area (Å²) in [5.41, 5.74) is 2.54. The maximum atomic E-state index is 13.0. The number of benzene rings is 2. The Hall–Kier alpha value is -3.03. The van der Waals surface area contributed by atoms with E-state index in [4.69, 9.17) is 12.2 Å². The minimum absolute atomic E-state index is 0.0771. The van der Waals surface area contributed by atoms with E-state index in [1.165, 1.54) is 4.90 Å². The normalized spacial score (nSPS) is 21.0. The SMILES string of the molecule is Cc1ccc(N2C(=O)CC(N3C(=O)/C(=C/C=C/c4ccccc4)SC3=S)C2=O)cc1. The second-order valence-electron chi connectivity index (χ2n) is 6.97. The highest BCUT2D eigenvalue weighted by atomic mass is 32.2. The highest BCUT2D eigenvalue weighted by molar-refractivity contribution is 8.26. The molecule has 4 rings (SSSR count). The summed E-state index contributed by atoms with van der Waals surface area (Å²) in [4.78, 5) is 41.3. The molecule has 2 aliphatic rings. The first kappa shape index (κ1) is 20.3. The number of nitrogens with zero attached hydrogens (tertiary/aromatic N) is 2. The first-order valence-electron chi connectivity index (χ1n) is 9.38. The van der Waals surface area contributed by atoms with Gasteiger partial charge in [0, 0.05) is 0 Å². The van der Waals surface area contributed by atoms with Crippen molar-refractivity contribution in [1.82, 2.24) is 4.90 Å². The van der Waals surface area contributed by atoms with Crippen LogP contribution in [-0.4, -0.2) is 33.0 Å². The topological polar surface area (TPSA) is 57.7 Å². The van der Waals surface area contributed by atoms with E-state index in [9.17, 15) is 14.4 Å². The largest absolute Gasteiger partial charge is 0.280 e. The van der Waals surface area contributed by atoms with Gasteiger partial charge in [-0.25, -0.2) is 4.90 Å². The van der Waals surface area contributed by atoms with Crippen LogP contribution < -0.4 is 4.90 Å². The quantitative estimate of drug-likeness (QED) is 0.412. The summed E-state index contributed by atoms with van der Waals surface area (Å²) in [5.74, 6) is -1.11. The second kappa shape index (κ2) is 8.38. The summed E-state index contributed by atoms with van der Waals surface area (Å²) in [7, 11) is 0. The van der Waals surface area contributed by atoms with Crippen LogP contribution in [0.25, 0.3) is 6.08 Å². The molecular weight excluding hydrogens is 416 g/mol. The average Bonchev–Trinajstić information content (AvgIpc) is 3.18. The molecule has 0 N–H and O–H groups in total. The van der Waals surface area contributed by atoms with Gasteiger partial charge in [-0.1, -0.05) is 84.2 Å². The fraction of sp³-hybridized carbons (Fsp3) is 0.130. The van der Waals surface area contributed by atoms with Crippen LogP contribution in [-0.2, 0) is 14.4 Å². The van der Waals surface area contributed by atoms with Crippen molar-refractivity contribution in [3.8, 4) is 0 Å². The molecule has 5 nitrogen and oxygen atoms in total. The molecule has 0 saturated carbocycles. The smallest absolute Gasteiger partial charge is 0.266 e. The molecule has 1 unspecified atom stereocenters. The van der Waals surface area contributed by atoms with Gasteiger partial charge < -0.3 is 0 Å². The summed E-state index contributed by atoms with van der Waals surface area (Å²) in [6.45, 7) is 1.93. The summed E-state index contributed by atoms with van der Waals surface area (Å²) in [6.07, 6.45) is 5.27. The molecule has 2 heterocycles. The lowest BCUT2D eigenvalue weighted by Crippen LogP contribution is -2.44. The zero-order valence-electron chi connectivity index (χ0n) is 16.1. The van der Waals surface area contributed by atoms with Gasteiger partial charge in [0.05, 0.1) is 17.0 Å². The number of anilines is 1. The van der Waals surface area contributed by atoms with Crippen LogP contribution >= 0.6 is 24.0 Å². The maximum Gasteiger partial charge on any atom is 0.266 e. The molecule has 30 heavy (non-hydrogen) atoms. The molecule has 0 aliphatic carbocycles. The lowest BCUT2D eigenvalue weighted by molar-refractivity contribution is -0.130. The second-order valence-corrected chi connectivity index (χ2v) is 8.64. The summed E-state index contributed by atoms with van der Waals surface area (Å²) < 4.78 is 0.288. The fourth-order valence-corrected chi connectivity index (χ4v) is 4.66. The first-order chi connectivity index (χ1) is 14.5. The molecule has 150 valence electrons. The molecule has 2 saturated heterocycles. The molecule has 2 aromatic carbocycles. The van der Waals surface area contributed by atoms with Crippen LogP contribution in [0.15, 0.2) is 71.7 Å². The Morgan fingerprint density at radius 3 is 2.43 bits per heavy atom. The zero-order valence-corrected chi connectivity index (χ0v) is 17.8. The Morgan fingerprint density at radius 2 is 1.73 bits per heavy atom. The van der Waals surface area contributed by atoms with Crippen LogP contribution in [0.5, 0.6) is 0 Å². The molecule has 3 amide bonds. The van der Waals surface area contributed by atoms with E-state index in [1.54, 1.807) is 24.3 Å². The number of amides is 3. The highest BCUT2D eigenvalue weighted by Gasteiger charge is 2.48. The van der Waals surface area contributed by atoms with Gasteiger partial charge in [-0.15, -0.1) is 0 Å². The van der Waals surface area contributed by atoms with E-state index in [0.29, 0.717) is 10.6 Å². The van der Waals surface area contributed by atoms with Gasteiger partial charge in [0.2, 0.25) is 5.91 Å². The van der Waals surface area contributed by atoms with E-state index in [-0.39, 0.29) is 22.6 Å². The molecule has 2 fully saturated rings. The van der Waals surface area contributed by atoms with Gasteiger partial charge in [0.25, 0.3) is 11.8 Å². The molecule has 0 aromatic heterocycles. The number of hydrogen-bond donors (Lipinski definition) is 0. The fourth-order valence-electron chi connectivity index (χ4n) is 3.36. The van der Waals surface area contributed by atoms with Gasteiger partial charge in [-0.05, 0) is 30.7 Å². The van der Waals surface area contributed by atoms with Crippen LogP contribution in [0.4, 0.5) is 5.69 Å². The third-order valence-electron chi connectivity index (χ3n) is 4.89. The molecule has 1 atom stereocenters. The van der Waals surface area contributed by atoms with Gasteiger partial charge in [0.1, 0.15) is 10.4 Å². The van der Waals surface area contributed by atoms with Crippen LogP contribution in [0.1, 0.15) is 17.5 Å². The number of imide groups is 1. The summed E-state index contributed by atoms with van der Waals surface area (Å²) in [6, 6.07) is 15.9. The van der Waals surface area contributed by atoms with Gasteiger partial charge in [-0.2, -0.15) is 0 Å². The van der Waals surface area contributed by atoms with Crippen LogP contribution in [0.2, 0.25) is 0 Å².